The highest BCUT2D eigenvalue weighted by Crippen LogP contribution is 2.29. The van der Waals surface area contributed by atoms with Gasteiger partial charge in [0.05, 0.1) is 0 Å². The Hall–Kier alpha value is -1.58. The summed E-state index contributed by atoms with van der Waals surface area (Å²) < 4.78 is 0. The van der Waals surface area contributed by atoms with Gasteiger partial charge in [0, 0.05) is 17.0 Å². The number of rotatable bonds is 9. The average molecular weight is 315 g/mol. The molecule has 0 aliphatic rings. The Morgan fingerprint density at radius 1 is 1.36 bits per heavy atom. The monoisotopic (exact) mass is 315 g/mol. The van der Waals surface area contributed by atoms with E-state index in [-0.39, 0.29) is 0 Å². The number of nitrogens with one attached hydrogen (secondary N) is 1. The second-order valence-electron chi connectivity index (χ2n) is 5.58. The Morgan fingerprint density at radius 2 is 2.23 bits per heavy atom. The van der Waals surface area contributed by atoms with Crippen molar-refractivity contribution in [2.24, 2.45) is 5.92 Å². The first-order valence-corrected chi connectivity index (χ1v) is 8.80. The minimum atomic E-state index is 0.372. The molecule has 1 atom stereocenters. The molecule has 0 aliphatic heterocycles. The largest absolute Gasteiger partial charge is 0.508 e. The van der Waals surface area contributed by atoms with Gasteiger partial charge in [-0.25, -0.2) is 0 Å². The maximum atomic E-state index is 10.2. The van der Waals surface area contributed by atoms with E-state index < -0.39 is 0 Å². The van der Waals surface area contributed by atoms with Crippen LogP contribution < -0.4 is 5.32 Å². The van der Waals surface area contributed by atoms with Crippen molar-refractivity contribution in [3.8, 4) is 16.2 Å². The van der Waals surface area contributed by atoms with Gasteiger partial charge in [0.1, 0.15) is 5.75 Å². The van der Waals surface area contributed by atoms with Gasteiger partial charge in [-0.05, 0) is 48.4 Å². The molecule has 1 heterocycles. The molecule has 0 spiro atoms. The summed E-state index contributed by atoms with van der Waals surface area (Å²) in [5, 5.41) is 15.7. The molecule has 0 amide bonds. The third-order valence-corrected chi connectivity index (χ3v) is 4.93. The van der Waals surface area contributed by atoms with Crippen LogP contribution in [-0.4, -0.2) is 11.7 Å². The first-order valence-electron chi connectivity index (χ1n) is 7.92. The highest BCUT2D eigenvalue weighted by molar-refractivity contribution is 7.13. The summed E-state index contributed by atoms with van der Waals surface area (Å²) in [5.74, 6) is 1.08. The molecule has 0 saturated carbocycles. The van der Waals surface area contributed by atoms with Gasteiger partial charge in [-0.3, -0.25) is 0 Å². The van der Waals surface area contributed by atoms with Gasteiger partial charge in [-0.2, -0.15) is 0 Å². The third kappa shape index (κ3) is 4.72. The van der Waals surface area contributed by atoms with Crippen LogP contribution in [0.25, 0.3) is 10.4 Å². The van der Waals surface area contributed by atoms with Crippen molar-refractivity contribution in [3.05, 3.63) is 53.9 Å². The molecule has 1 unspecified atom stereocenters. The minimum absolute atomic E-state index is 0.372. The van der Waals surface area contributed by atoms with Gasteiger partial charge in [-0.1, -0.05) is 37.6 Å². The normalized spacial score (nSPS) is 12.2. The van der Waals surface area contributed by atoms with E-state index in [0.29, 0.717) is 18.2 Å². The summed E-state index contributed by atoms with van der Waals surface area (Å²) in [6.45, 7) is 7.72. The van der Waals surface area contributed by atoms with E-state index in [1.165, 1.54) is 11.3 Å². The average Bonchev–Trinajstić information content (AvgIpc) is 3.06. The molecule has 2 nitrogen and oxygen atoms in total. The lowest BCUT2D eigenvalue weighted by Crippen LogP contribution is -2.17. The van der Waals surface area contributed by atoms with Crippen molar-refractivity contribution in [1.82, 2.24) is 5.32 Å². The van der Waals surface area contributed by atoms with Crippen LogP contribution >= 0.6 is 11.3 Å². The number of thiophene rings is 1. The molecule has 2 rings (SSSR count). The lowest BCUT2D eigenvalue weighted by molar-refractivity contribution is 0.445. The third-order valence-electron chi connectivity index (χ3n) is 4.01. The zero-order valence-corrected chi connectivity index (χ0v) is 14.0. The van der Waals surface area contributed by atoms with Gasteiger partial charge in [0.2, 0.25) is 0 Å². The Bertz CT molecular complexity index is 577. The molecule has 0 bridgehead atoms. The van der Waals surface area contributed by atoms with E-state index >= 15 is 0 Å². The van der Waals surface area contributed by atoms with Crippen molar-refractivity contribution in [3.63, 3.8) is 0 Å². The van der Waals surface area contributed by atoms with E-state index in [2.05, 4.69) is 36.3 Å². The van der Waals surface area contributed by atoms with Crippen molar-refractivity contribution < 1.29 is 5.11 Å². The second kappa shape index (κ2) is 8.76. The predicted octanol–water partition coefficient (Wildman–Crippen LogP) is 5.20. The molecular formula is C19H25NOS. The Morgan fingerprint density at radius 3 is 2.86 bits per heavy atom. The van der Waals surface area contributed by atoms with Crippen LogP contribution in [0.1, 0.15) is 31.7 Å². The van der Waals surface area contributed by atoms with Gasteiger partial charge < -0.3 is 10.4 Å². The number of phenolic OH excluding ortho intramolecular Hbond substituents is 1. The maximum Gasteiger partial charge on any atom is 0.120 e. The molecule has 3 heteroatoms. The van der Waals surface area contributed by atoms with Crippen LogP contribution in [-0.2, 0) is 6.54 Å². The lowest BCUT2D eigenvalue weighted by Gasteiger charge is -2.13. The van der Waals surface area contributed by atoms with E-state index in [1.54, 1.807) is 11.3 Å². The van der Waals surface area contributed by atoms with E-state index in [4.69, 9.17) is 0 Å². The van der Waals surface area contributed by atoms with Crippen LogP contribution in [0.4, 0.5) is 0 Å². The number of aromatic hydroxyl groups is 1. The number of phenols is 1. The van der Waals surface area contributed by atoms with Gasteiger partial charge in [0.15, 0.2) is 0 Å². The van der Waals surface area contributed by atoms with E-state index in [0.717, 1.165) is 30.5 Å². The number of allylic oxidation sites excluding steroid dienone is 1. The molecule has 1 aromatic heterocycles. The SMILES string of the molecule is C=CCC(CC)CCNCc1ccc(-c2cccs2)cc1O. The molecule has 0 aliphatic carbocycles. The molecule has 2 N–H and O–H groups in total. The number of hydrogen-bond donors (Lipinski definition) is 2. The topological polar surface area (TPSA) is 32.3 Å². The zero-order chi connectivity index (χ0) is 15.8. The predicted molar refractivity (Wildman–Crippen MR) is 96.3 cm³/mol. The Kier molecular flexibility index (Phi) is 6.69. The minimum Gasteiger partial charge on any atom is -0.508 e. The smallest absolute Gasteiger partial charge is 0.120 e. The number of hydrogen-bond acceptors (Lipinski definition) is 3. The maximum absolute atomic E-state index is 10.2. The molecule has 118 valence electrons. The van der Waals surface area contributed by atoms with Crippen molar-refractivity contribution in [2.45, 2.75) is 32.7 Å². The van der Waals surface area contributed by atoms with Crippen molar-refractivity contribution >= 4 is 11.3 Å². The van der Waals surface area contributed by atoms with Crippen LogP contribution in [0.2, 0.25) is 0 Å². The highest BCUT2D eigenvalue weighted by Gasteiger charge is 2.06. The molecular weight excluding hydrogens is 290 g/mol. The van der Waals surface area contributed by atoms with E-state index in [1.807, 2.05) is 24.3 Å². The quantitative estimate of drug-likeness (QED) is 0.492. The van der Waals surface area contributed by atoms with Gasteiger partial charge in [0.25, 0.3) is 0 Å². The Balaban J connectivity index is 1.84. The highest BCUT2D eigenvalue weighted by atomic mass is 32.1. The fraction of sp³-hybridized carbons (Fsp3) is 0.368. The summed E-state index contributed by atoms with van der Waals surface area (Å²) in [6.07, 6.45) is 5.42. The van der Waals surface area contributed by atoms with E-state index in [9.17, 15) is 5.11 Å². The fourth-order valence-electron chi connectivity index (χ4n) is 2.56. The van der Waals surface area contributed by atoms with Crippen LogP contribution in [0.15, 0.2) is 48.4 Å². The molecule has 0 radical (unpaired) electrons. The summed E-state index contributed by atoms with van der Waals surface area (Å²) in [6, 6.07) is 10.0. The summed E-state index contributed by atoms with van der Waals surface area (Å²) in [7, 11) is 0. The first-order chi connectivity index (χ1) is 10.7. The van der Waals surface area contributed by atoms with Gasteiger partial charge in [-0.15, -0.1) is 17.9 Å². The van der Waals surface area contributed by atoms with Crippen LogP contribution in [0.3, 0.4) is 0 Å². The number of benzene rings is 1. The Labute approximate surface area is 137 Å². The van der Waals surface area contributed by atoms with Crippen LogP contribution in [0.5, 0.6) is 5.75 Å². The fourth-order valence-corrected chi connectivity index (χ4v) is 3.29. The molecule has 1 aromatic carbocycles. The molecule has 0 saturated heterocycles. The summed E-state index contributed by atoms with van der Waals surface area (Å²) in [5.41, 5.74) is 2.03. The van der Waals surface area contributed by atoms with Crippen LogP contribution in [0, 0.1) is 5.92 Å². The molecule has 0 fully saturated rings. The molecule has 22 heavy (non-hydrogen) atoms. The zero-order valence-electron chi connectivity index (χ0n) is 13.2. The van der Waals surface area contributed by atoms with Crippen molar-refractivity contribution in [1.29, 1.82) is 0 Å². The lowest BCUT2D eigenvalue weighted by atomic mass is 9.98. The van der Waals surface area contributed by atoms with Gasteiger partial charge >= 0.3 is 0 Å². The van der Waals surface area contributed by atoms with Crippen molar-refractivity contribution in [2.75, 3.05) is 6.54 Å². The summed E-state index contributed by atoms with van der Waals surface area (Å²) >= 11 is 1.69. The second-order valence-corrected chi connectivity index (χ2v) is 6.53. The first kappa shape index (κ1) is 16.8. The molecule has 2 aromatic rings. The standard InChI is InChI=1S/C19H25NOS/c1-3-6-15(4-2)10-11-20-14-17-9-8-16(13-18(17)21)19-7-5-12-22-19/h3,5,7-9,12-13,15,20-21H,1,4,6,10-11,14H2,2H3. The summed E-state index contributed by atoms with van der Waals surface area (Å²) in [4.78, 5) is 1.19.